The summed E-state index contributed by atoms with van der Waals surface area (Å²) in [6.45, 7) is 1.84. The number of nitrogens with two attached hydrogens (primary N) is 1. The number of ether oxygens (including phenoxy) is 1. The maximum absolute atomic E-state index is 14.6. The highest BCUT2D eigenvalue weighted by molar-refractivity contribution is 6.30. The molecular formula is C18H15ClFN5O2. The number of rotatable bonds is 3. The van der Waals surface area contributed by atoms with Crippen LogP contribution in [0.1, 0.15) is 35.8 Å². The van der Waals surface area contributed by atoms with Crippen LogP contribution in [0.4, 0.5) is 10.1 Å². The predicted octanol–water partition coefficient (Wildman–Crippen LogP) is 2.61. The lowest BCUT2D eigenvalue weighted by molar-refractivity contribution is 0.102. The first kappa shape index (κ1) is 16.4. The van der Waals surface area contributed by atoms with Crippen molar-refractivity contribution in [2.75, 3.05) is 5.32 Å². The van der Waals surface area contributed by atoms with Crippen LogP contribution in [0.5, 0.6) is 0 Å². The number of anilines is 1. The molecule has 7 nitrogen and oxygen atoms in total. The lowest BCUT2D eigenvalue weighted by Gasteiger charge is -2.30. The molecule has 2 fully saturated rings. The number of aromatic nitrogens is 2. The SMILES string of the molecule is C[C@@]1(c2cc(NC(=O)c3ccc(Cl)cn3)cnc2F)N=C(N)OC23CC21C3. The van der Waals surface area contributed by atoms with Gasteiger partial charge in [0.2, 0.25) is 5.95 Å². The van der Waals surface area contributed by atoms with E-state index < -0.39 is 17.4 Å². The molecule has 5 rings (SSSR count). The number of hydrogen-bond donors (Lipinski definition) is 2. The molecule has 0 spiro atoms. The minimum atomic E-state index is -0.883. The topological polar surface area (TPSA) is 102 Å². The Morgan fingerprint density at radius 1 is 1.33 bits per heavy atom. The van der Waals surface area contributed by atoms with Crippen molar-refractivity contribution in [3.05, 3.63) is 52.8 Å². The number of carbonyl (C=O) groups is 1. The van der Waals surface area contributed by atoms with Crippen LogP contribution in [0, 0.1) is 11.4 Å². The van der Waals surface area contributed by atoms with Crippen molar-refractivity contribution in [2.45, 2.75) is 30.9 Å². The summed E-state index contributed by atoms with van der Waals surface area (Å²) in [5, 5.41) is 3.11. The Labute approximate surface area is 158 Å². The molecule has 138 valence electrons. The summed E-state index contributed by atoms with van der Waals surface area (Å²) in [5.41, 5.74) is 5.21. The summed E-state index contributed by atoms with van der Waals surface area (Å²) in [7, 11) is 0. The van der Waals surface area contributed by atoms with Crippen molar-refractivity contribution in [1.82, 2.24) is 9.97 Å². The van der Waals surface area contributed by atoms with E-state index >= 15 is 0 Å². The average molecular weight is 388 g/mol. The normalized spacial score (nSPS) is 32.5. The maximum Gasteiger partial charge on any atom is 0.283 e. The molecule has 0 radical (unpaired) electrons. The first-order chi connectivity index (χ1) is 12.8. The van der Waals surface area contributed by atoms with E-state index in [1.165, 1.54) is 18.5 Å². The number of aliphatic imine (C=N–C) groups is 1. The van der Waals surface area contributed by atoms with E-state index in [9.17, 15) is 9.18 Å². The Hall–Kier alpha value is -2.74. The van der Waals surface area contributed by atoms with Crippen LogP contribution >= 0.6 is 11.6 Å². The van der Waals surface area contributed by atoms with Gasteiger partial charge in [0, 0.05) is 30.0 Å². The van der Waals surface area contributed by atoms with Crippen LogP contribution in [0.15, 0.2) is 35.6 Å². The van der Waals surface area contributed by atoms with Crippen LogP contribution < -0.4 is 11.1 Å². The van der Waals surface area contributed by atoms with Crippen molar-refractivity contribution in [1.29, 1.82) is 0 Å². The quantitative estimate of drug-likeness (QED) is 0.788. The smallest absolute Gasteiger partial charge is 0.283 e. The van der Waals surface area contributed by atoms with Crippen LogP contribution in [0.3, 0.4) is 0 Å². The number of hydrogen-bond acceptors (Lipinski definition) is 6. The molecule has 3 aliphatic rings. The van der Waals surface area contributed by atoms with E-state index in [0.29, 0.717) is 10.7 Å². The van der Waals surface area contributed by atoms with Gasteiger partial charge in [0.15, 0.2) is 0 Å². The fourth-order valence-electron chi connectivity index (χ4n) is 4.22. The van der Waals surface area contributed by atoms with Gasteiger partial charge in [-0.2, -0.15) is 4.39 Å². The summed E-state index contributed by atoms with van der Waals surface area (Å²) in [5.74, 6) is -1.09. The van der Waals surface area contributed by atoms with Gasteiger partial charge < -0.3 is 15.8 Å². The second kappa shape index (κ2) is 4.95. The molecule has 2 saturated carbocycles. The summed E-state index contributed by atoms with van der Waals surface area (Å²) in [6.07, 6.45) is 4.20. The van der Waals surface area contributed by atoms with Crippen molar-refractivity contribution in [3.8, 4) is 0 Å². The molecule has 0 bridgehead atoms. The molecule has 2 aromatic heterocycles. The van der Waals surface area contributed by atoms with Gasteiger partial charge >= 0.3 is 0 Å². The summed E-state index contributed by atoms with van der Waals surface area (Å²) >= 11 is 5.78. The fraction of sp³-hybridized carbons (Fsp3) is 0.333. The van der Waals surface area contributed by atoms with Crippen molar-refractivity contribution in [3.63, 3.8) is 0 Å². The van der Waals surface area contributed by atoms with Gasteiger partial charge in [-0.25, -0.2) is 15.0 Å². The molecule has 2 aliphatic carbocycles. The summed E-state index contributed by atoms with van der Waals surface area (Å²) < 4.78 is 20.2. The number of halogens is 2. The third-order valence-electron chi connectivity index (χ3n) is 5.94. The Kier molecular flexibility index (Phi) is 3.01. The summed E-state index contributed by atoms with van der Waals surface area (Å²) in [6, 6.07) is 4.68. The van der Waals surface area contributed by atoms with Crippen molar-refractivity contribution < 1.29 is 13.9 Å². The van der Waals surface area contributed by atoms with Crippen LogP contribution in [-0.2, 0) is 10.3 Å². The van der Waals surface area contributed by atoms with E-state index in [1.807, 2.05) is 6.92 Å². The number of nitrogens with zero attached hydrogens (tertiary/aromatic N) is 3. The van der Waals surface area contributed by atoms with Crippen molar-refractivity contribution >= 4 is 29.2 Å². The number of amides is 1. The highest BCUT2D eigenvalue weighted by Crippen LogP contribution is 2.88. The molecule has 27 heavy (non-hydrogen) atoms. The van der Waals surface area contributed by atoms with Crippen LogP contribution in [0.2, 0.25) is 5.02 Å². The zero-order valence-electron chi connectivity index (χ0n) is 14.3. The number of carbonyl (C=O) groups excluding carboxylic acids is 1. The van der Waals surface area contributed by atoms with Gasteiger partial charge in [0.25, 0.3) is 11.9 Å². The highest BCUT2D eigenvalue weighted by Gasteiger charge is 2.94. The van der Waals surface area contributed by atoms with Gasteiger partial charge in [-0.05, 0) is 25.1 Å². The molecule has 2 aromatic rings. The van der Waals surface area contributed by atoms with E-state index in [2.05, 4.69) is 20.3 Å². The predicted molar refractivity (Wildman–Crippen MR) is 95.9 cm³/mol. The lowest BCUT2D eigenvalue weighted by atomic mass is 9.82. The Morgan fingerprint density at radius 2 is 2.11 bits per heavy atom. The van der Waals surface area contributed by atoms with Crippen LogP contribution in [-0.4, -0.2) is 27.5 Å². The highest BCUT2D eigenvalue weighted by atomic mass is 35.5. The molecule has 0 aromatic carbocycles. The van der Waals surface area contributed by atoms with Gasteiger partial charge in [0.05, 0.1) is 16.9 Å². The largest absolute Gasteiger partial charge is 0.458 e. The van der Waals surface area contributed by atoms with Gasteiger partial charge in [-0.3, -0.25) is 4.79 Å². The van der Waals surface area contributed by atoms with E-state index in [-0.39, 0.29) is 28.3 Å². The molecule has 1 amide bonds. The molecule has 3 heterocycles. The first-order valence-corrected chi connectivity index (χ1v) is 8.80. The number of amidine groups is 1. The zero-order valence-corrected chi connectivity index (χ0v) is 15.0. The van der Waals surface area contributed by atoms with Gasteiger partial charge in [-0.15, -0.1) is 0 Å². The van der Waals surface area contributed by atoms with E-state index in [0.717, 1.165) is 12.8 Å². The third-order valence-corrected chi connectivity index (χ3v) is 6.17. The summed E-state index contributed by atoms with van der Waals surface area (Å²) in [4.78, 5) is 24.6. The molecular weight excluding hydrogens is 373 g/mol. The van der Waals surface area contributed by atoms with E-state index in [1.54, 1.807) is 12.1 Å². The standard InChI is InChI=1S/C18H15ClFN5O2/c1-16(17-7-18(17,8-17)27-15(21)25-16)11-4-10(6-23-13(11)20)24-14(26)12-3-2-9(19)5-22-12/h2-6H,7-8H2,1H3,(H2,21,25)(H,24,26)/t16-,17?,18?/m0/s1. The van der Waals surface area contributed by atoms with Gasteiger partial charge in [0.1, 0.15) is 16.8 Å². The maximum atomic E-state index is 14.6. The van der Waals surface area contributed by atoms with Crippen molar-refractivity contribution in [2.24, 2.45) is 16.1 Å². The molecule has 1 aliphatic heterocycles. The van der Waals surface area contributed by atoms with E-state index in [4.69, 9.17) is 22.1 Å². The zero-order chi connectivity index (χ0) is 19.0. The Bertz CT molecular complexity index is 1020. The third kappa shape index (κ3) is 2.13. The second-order valence-electron chi connectivity index (χ2n) is 7.43. The fourth-order valence-corrected chi connectivity index (χ4v) is 4.34. The number of pyridine rings is 2. The Balaban J connectivity index is 1.48. The second-order valence-corrected chi connectivity index (χ2v) is 7.87. The number of nitrogens with one attached hydrogen (secondary N) is 1. The molecule has 0 unspecified atom stereocenters. The lowest BCUT2D eigenvalue weighted by Crippen LogP contribution is -2.36. The first-order valence-electron chi connectivity index (χ1n) is 8.42. The molecule has 0 saturated heterocycles. The molecule has 9 heteroatoms. The Morgan fingerprint density at radius 3 is 2.81 bits per heavy atom. The minimum Gasteiger partial charge on any atom is -0.458 e. The minimum absolute atomic E-state index is 0.0577. The average Bonchev–Trinajstić information content (AvgIpc) is 3.44. The van der Waals surface area contributed by atoms with Crippen LogP contribution in [0.25, 0.3) is 0 Å². The molecule has 3 N–H and O–H groups in total. The van der Waals surface area contributed by atoms with Gasteiger partial charge in [-0.1, -0.05) is 11.6 Å². The monoisotopic (exact) mass is 387 g/mol. The molecule has 1 atom stereocenters.